The van der Waals surface area contributed by atoms with Gasteiger partial charge in [0.2, 0.25) is 12.6 Å². The highest BCUT2D eigenvalue weighted by atomic mass is 16.1. The predicted octanol–water partition coefficient (Wildman–Crippen LogP) is -1.20. The van der Waals surface area contributed by atoms with Crippen molar-refractivity contribution >= 4 is 12.6 Å². The number of hydrogen-bond acceptors (Lipinski definition) is 3. The van der Waals surface area contributed by atoms with Crippen molar-refractivity contribution < 1.29 is 9.59 Å². The molecule has 0 aliphatic rings. The zero-order chi connectivity index (χ0) is 5.54. The maximum atomic E-state index is 9.36. The summed E-state index contributed by atoms with van der Waals surface area (Å²) in [7, 11) is 0. The Hall–Kier alpha value is -0.700. The van der Waals surface area contributed by atoms with Gasteiger partial charge in [0.15, 0.2) is 0 Å². The van der Waals surface area contributed by atoms with E-state index in [4.69, 9.17) is 0 Å². The van der Waals surface area contributed by atoms with Crippen LogP contribution in [0.3, 0.4) is 0 Å². The minimum absolute atomic E-state index is 0.106. The molecule has 3 nitrogen and oxygen atoms in total. The van der Waals surface area contributed by atoms with Gasteiger partial charge in [0.1, 0.15) is 0 Å². The molecule has 0 saturated heterocycles. The second-order valence-corrected chi connectivity index (χ2v) is 0.892. The van der Waals surface area contributed by atoms with Gasteiger partial charge in [-0.1, -0.05) is 0 Å². The van der Waals surface area contributed by atoms with Crippen molar-refractivity contribution in [2.75, 3.05) is 13.1 Å². The Morgan fingerprint density at radius 2 is 1.57 bits per heavy atom. The van der Waals surface area contributed by atoms with E-state index in [1.165, 1.54) is 0 Å². The Balaban J connectivity index is 2.68. The van der Waals surface area contributed by atoms with E-state index in [0.717, 1.165) is 0 Å². The van der Waals surface area contributed by atoms with Gasteiger partial charge in [-0.3, -0.25) is 9.59 Å². The number of nitrogens with one attached hydrogen (secondary N) is 1. The zero-order valence-corrected chi connectivity index (χ0v) is 3.73. The standard InChI is InChI=1S/C4H5NO2/c6-3-1-5-2-4-7/h5H,1-2H2. The summed E-state index contributed by atoms with van der Waals surface area (Å²) in [5.74, 6) is 0. The SMILES string of the molecule is O=[C]CNC[C]=O. The van der Waals surface area contributed by atoms with Gasteiger partial charge in [0.25, 0.3) is 0 Å². The van der Waals surface area contributed by atoms with Crippen LogP contribution in [0.2, 0.25) is 0 Å². The summed E-state index contributed by atoms with van der Waals surface area (Å²) in [5, 5.41) is 2.44. The van der Waals surface area contributed by atoms with Gasteiger partial charge in [-0.2, -0.15) is 0 Å². The van der Waals surface area contributed by atoms with E-state index in [0.29, 0.717) is 0 Å². The lowest BCUT2D eigenvalue weighted by atomic mass is 10.6. The maximum Gasteiger partial charge on any atom is 0.213 e. The van der Waals surface area contributed by atoms with E-state index in [9.17, 15) is 9.59 Å². The fourth-order valence-electron chi connectivity index (χ4n) is 0.165. The van der Waals surface area contributed by atoms with Crippen LogP contribution in [0.4, 0.5) is 0 Å². The zero-order valence-electron chi connectivity index (χ0n) is 3.73. The normalized spacial score (nSPS) is 8.00. The molecule has 0 amide bonds. The van der Waals surface area contributed by atoms with Crippen LogP contribution in [-0.2, 0) is 9.59 Å². The van der Waals surface area contributed by atoms with Crippen LogP contribution in [0.1, 0.15) is 0 Å². The number of hydrogen-bond donors (Lipinski definition) is 1. The van der Waals surface area contributed by atoms with E-state index in [2.05, 4.69) is 5.32 Å². The predicted molar refractivity (Wildman–Crippen MR) is 24.3 cm³/mol. The minimum atomic E-state index is 0.106. The molecule has 0 aromatic rings. The van der Waals surface area contributed by atoms with Crippen molar-refractivity contribution in [3.63, 3.8) is 0 Å². The first-order valence-electron chi connectivity index (χ1n) is 1.82. The van der Waals surface area contributed by atoms with Gasteiger partial charge < -0.3 is 5.32 Å². The first-order chi connectivity index (χ1) is 3.41. The molecular formula is C4H5NO2. The largest absolute Gasteiger partial charge is 0.302 e. The molecule has 0 unspecified atom stereocenters. The molecule has 0 spiro atoms. The average Bonchev–Trinajstić information content (AvgIpc) is 1.69. The topological polar surface area (TPSA) is 46.2 Å². The van der Waals surface area contributed by atoms with Crippen molar-refractivity contribution in [2.45, 2.75) is 0 Å². The lowest BCUT2D eigenvalue weighted by Gasteiger charge is -1.83. The number of carbonyl (C=O) groups excluding carboxylic acids is 2. The fraction of sp³-hybridized carbons (Fsp3) is 0.500. The highest BCUT2D eigenvalue weighted by Crippen LogP contribution is 1.44. The second-order valence-electron chi connectivity index (χ2n) is 0.892. The first kappa shape index (κ1) is 6.30. The summed E-state index contributed by atoms with van der Waals surface area (Å²) in [5.41, 5.74) is 0. The highest BCUT2D eigenvalue weighted by molar-refractivity contribution is 5.56. The Morgan fingerprint density at radius 1 is 1.14 bits per heavy atom. The van der Waals surface area contributed by atoms with Crippen molar-refractivity contribution in [3.8, 4) is 0 Å². The lowest BCUT2D eigenvalue weighted by molar-refractivity contribution is 0.543. The van der Waals surface area contributed by atoms with Crippen molar-refractivity contribution in [1.82, 2.24) is 5.32 Å². The molecule has 3 heteroatoms. The van der Waals surface area contributed by atoms with Crippen LogP contribution < -0.4 is 5.32 Å². The first-order valence-corrected chi connectivity index (χ1v) is 1.82. The van der Waals surface area contributed by atoms with Crippen LogP contribution in [0.5, 0.6) is 0 Å². The molecule has 0 heterocycles. The molecule has 7 heavy (non-hydrogen) atoms. The Kier molecular flexibility index (Phi) is 4.77. The van der Waals surface area contributed by atoms with Gasteiger partial charge in [0.05, 0.1) is 13.1 Å². The van der Waals surface area contributed by atoms with E-state index >= 15 is 0 Å². The Morgan fingerprint density at radius 3 is 1.86 bits per heavy atom. The van der Waals surface area contributed by atoms with Gasteiger partial charge >= 0.3 is 0 Å². The maximum absolute atomic E-state index is 9.36. The second kappa shape index (κ2) is 5.30. The third kappa shape index (κ3) is 5.30. The molecule has 2 radical (unpaired) electrons. The van der Waals surface area contributed by atoms with Gasteiger partial charge in [0, 0.05) is 0 Å². The average molecular weight is 99.1 g/mol. The third-order valence-corrected chi connectivity index (χ3v) is 0.394. The fourth-order valence-corrected chi connectivity index (χ4v) is 0.165. The van der Waals surface area contributed by atoms with E-state index in [-0.39, 0.29) is 13.1 Å². The summed E-state index contributed by atoms with van der Waals surface area (Å²) < 4.78 is 0. The molecule has 0 saturated carbocycles. The summed E-state index contributed by atoms with van der Waals surface area (Å²) in [6.45, 7) is 0.213. The van der Waals surface area contributed by atoms with Gasteiger partial charge in [-0.15, -0.1) is 0 Å². The van der Waals surface area contributed by atoms with Crippen molar-refractivity contribution in [2.24, 2.45) is 0 Å². The molecule has 1 N–H and O–H groups in total. The van der Waals surface area contributed by atoms with Crippen molar-refractivity contribution in [1.29, 1.82) is 0 Å². The molecule has 0 atom stereocenters. The van der Waals surface area contributed by atoms with Crippen LogP contribution in [0.15, 0.2) is 0 Å². The molecule has 38 valence electrons. The van der Waals surface area contributed by atoms with Crippen LogP contribution >= 0.6 is 0 Å². The molecule has 0 aliphatic heterocycles. The van der Waals surface area contributed by atoms with Gasteiger partial charge in [-0.25, -0.2) is 0 Å². The lowest BCUT2D eigenvalue weighted by Crippen LogP contribution is -2.17. The summed E-state index contributed by atoms with van der Waals surface area (Å²) in [4.78, 5) is 18.7. The molecule has 0 bridgehead atoms. The molecule has 0 fully saturated rings. The van der Waals surface area contributed by atoms with Crippen molar-refractivity contribution in [3.05, 3.63) is 0 Å². The molecule has 0 aliphatic carbocycles. The van der Waals surface area contributed by atoms with Crippen LogP contribution in [-0.4, -0.2) is 25.7 Å². The summed E-state index contributed by atoms with van der Waals surface area (Å²) in [6, 6.07) is 0. The summed E-state index contributed by atoms with van der Waals surface area (Å²) in [6.07, 6.45) is 3.12. The molecule has 0 aromatic carbocycles. The van der Waals surface area contributed by atoms with Crippen LogP contribution in [0, 0.1) is 0 Å². The van der Waals surface area contributed by atoms with E-state index < -0.39 is 0 Å². The third-order valence-electron chi connectivity index (χ3n) is 0.394. The molecule has 0 aromatic heterocycles. The molecular weight excluding hydrogens is 94.0 g/mol. The van der Waals surface area contributed by atoms with E-state index in [1.807, 2.05) is 0 Å². The monoisotopic (exact) mass is 99.0 g/mol. The summed E-state index contributed by atoms with van der Waals surface area (Å²) >= 11 is 0. The smallest absolute Gasteiger partial charge is 0.213 e. The highest BCUT2D eigenvalue weighted by Gasteiger charge is 1.78. The minimum Gasteiger partial charge on any atom is -0.302 e. The Labute approximate surface area is 41.7 Å². The quantitative estimate of drug-likeness (QED) is 0.450. The van der Waals surface area contributed by atoms with E-state index in [1.54, 1.807) is 12.6 Å². The Bertz CT molecular complexity index is 54.7. The molecule has 0 rings (SSSR count). The van der Waals surface area contributed by atoms with Crippen LogP contribution in [0.25, 0.3) is 0 Å². The van der Waals surface area contributed by atoms with Gasteiger partial charge in [-0.05, 0) is 0 Å². The number of rotatable bonds is 4.